The van der Waals surface area contributed by atoms with Crippen LogP contribution in [0.3, 0.4) is 0 Å². The van der Waals surface area contributed by atoms with E-state index >= 15 is 0 Å². The number of unbranched alkanes of at least 4 members (excludes halogenated alkanes) is 7. The van der Waals surface area contributed by atoms with Crippen LogP contribution in [-0.2, 0) is 0 Å². The van der Waals surface area contributed by atoms with Gasteiger partial charge in [-0.05, 0) is 74.0 Å². The predicted octanol–water partition coefficient (Wildman–Crippen LogP) is 7.28. The van der Waals surface area contributed by atoms with Gasteiger partial charge < -0.3 is 10.1 Å². The van der Waals surface area contributed by atoms with Gasteiger partial charge in [-0.25, -0.2) is 0 Å². The molecule has 0 saturated carbocycles. The molecule has 0 atom stereocenters. The summed E-state index contributed by atoms with van der Waals surface area (Å²) in [7, 11) is 0. The molecule has 0 aliphatic rings. The lowest BCUT2D eigenvalue weighted by atomic mass is 10.1. The third-order valence-corrected chi connectivity index (χ3v) is 5.24. The van der Waals surface area contributed by atoms with Crippen LogP contribution in [0.15, 0.2) is 58.8 Å². The van der Waals surface area contributed by atoms with Crippen LogP contribution in [0.25, 0.3) is 0 Å². The molecule has 168 valence electrons. The number of azo groups is 1. The summed E-state index contributed by atoms with van der Waals surface area (Å²) >= 11 is 4.23. The normalized spacial score (nSPS) is 11.0. The van der Waals surface area contributed by atoms with Crippen LogP contribution in [0.2, 0.25) is 0 Å². The molecule has 0 aliphatic heterocycles. The van der Waals surface area contributed by atoms with Gasteiger partial charge in [0.05, 0.1) is 18.0 Å². The van der Waals surface area contributed by atoms with Crippen molar-refractivity contribution in [1.29, 1.82) is 0 Å². The number of benzene rings is 2. The van der Waals surface area contributed by atoms with Crippen LogP contribution < -0.4 is 10.1 Å². The Kier molecular flexibility index (Phi) is 12.4. The van der Waals surface area contributed by atoms with Gasteiger partial charge in [0.25, 0.3) is 5.91 Å². The summed E-state index contributed by atoms with van der Waals surface area (Å²) in [5, 5.41) is 11.4. The number of amides is 1. The van der Waals surface area contributed by atoms with E-state index in [2.05, 4.69) is 28.2 Å². The smallest absolute Gasteiger partial charge is 0.251 e. The zero-order chi connectivity index (χ0) is 22.2. The van der Waals surface area contributed by atoms with Crippen molar-refractivity contribution in [3.63, 3.8) is 0 Å². The second-order valence-corrected chi connectivity index (χ2v) is 7.93. The Morgan fingerprint density at radius 1 is 0.806 bits per heavy atom. The molecule has 2 aromatic rings. The van der Waals surface area contributed by atoms with E-state index in [-0.39, 0.29) is 5.91 Å². The molecule has 1 amide bonds. The Hall–Kier alpha value is -2.34. The van der Waals surface area contributed by atoms with Crippen LogP contribution in [0.4, 0.5) is 11.4 Å². The minimum absolute atomic E-state index is 0.0400. The third-order valence-electron chi connectivity index (χ3n) is 4.93. The molecular weight excluding hydrogens is 406 g/mol. The zero-order valence-electron chi connectivity index (χ0n) is 18.6. The third kappa shape index (κ3) is 10.5. The standard InChI is InChI=1S/C25H35N3O2S/c1-2-30-24-17-15-23(16-18-24)28-27-22-13-11-21(12-14-22)25(29)26-19-9-7-5-3-4-6-8-10-20-31/h11-18,31H,2-10,19-20H2,1H3,(H,26,29). The molecule has 0 unspecified atom stereocenters. The summed E-state index contributed by atoms with van der Waals surface area (Å²) < 4.78 is 5.42. The predicted molar refractivity (Wildman–Crippen MR) is 131 cm³/mol. The average molecular weight is 442 g/mol. The van der Waals surface area contributed by atoms with Crippen molar-refractivity contribution in [2.45, 2.75) is 58.3 Å². The van der Waals surface area contributed by atoms with Crippen molar-refractivity contribution in [2.24, 2.45) is 10.2 Å². The van der Waals surface area contributed by atoms with E-state index < -0.39 is 0 Å². The first-order valence-corrected chi connectivity index (χ1v) is 12.0. The Balaban J connectivity index is 1.64. The van der Waals surface area contributed by atoms with E-state index in [9.17, 15) is 4.79 Å². The summed E-state index contributed by atoms with van der Waals surface area (Å²) in [5.74, 6) is 1.77. The number of hydrogen-bond donors (Lipinski definition) is 2. The highest BCUT2D eigenvalue weighted by molar-refractivity contribution is 7.80. The molecule has 0 saturated heterocycles. The number of hydrogen-bond acceptors (Lipinski definition) is 5. The molecule has 5 nitrogen and oxygen atoms in total. The van der Waals surface area contributed by atoms with Crippen molar-refractivity contribution in [2.75, 3.05) is 18.9 Å². The summed E-state index contributed by atoms with van der Waals surface area (Å²) in [6.45, 7) is 3.31. The highest BCUT2D eigenvalue weighted by Gasteiger charge is 2.04. The quantitative estimate of drug-likeness (QED) is 0.173. The van der Waals surface area contributed by atoms with E-state index in [1.165, 1.54) is 38.5 Å². The summed E-state index contributed by atoms with van der Waals surface area (Å²) in [6.07, 6.45) is 9.85. The highest BCUT2D eigenvalue weighted by atomic mass is 32.1. The van der Waals surface area contributed by atoms with Crippen molar-refractivity contribution < 1.29 is 9.53 Å². The number of carbonyl (C=O) groups excluding carboxylic acids is 1. The molecule has 31 heavy (non-hydrogen) atoms. The first-order chi connectivity index (χ1) is 15.2. The van der Waals surface area contributed by atoms with Crippen molar-refractivity contribution >= 4 is 29.9 Å². The van der Waals surface area contributed by atoms with Crippen LogP contribution in [0.5, 0.6) is 5.75 Å². The van der Waals surface area contributed by atoms with Crippen molar-refractivity contribution in [3.8, 4) is 5.75 Å². The van der Waals surface area contributed by atoms with Gasteiger partial charge in [0.15, 0.2) is 0 Å². The fourth-order valence-corrected chi connectivity index (χ4v) is 3.40. The lowest BCUT2D eigenvalue weighted by Crippen LogP contribution is -2.24. The lowest BCUT2D eigenvalue weighted by molar-refractivity contribution is 0.0953. The summed E-state index contributed by atoms with van der Waals surface area (Å²) in [6, 6.07) is 14.6. The molecule has 0 spiro atoms. The van der Waals surface area contributed by atoms with E-state index in [1.807, 2.05) is 31.2 Å². The van der Waals surface area contributed by atoms with Gasteiger partial charge in [0.2, 0.25) is 0 Å². The molecule has 0 radical (unpaired) electrons. The maximum absolute atomic E-state index is 12.3. The van der Waals surface area contributed by atoms with Crippen LogP contribution in [0, 0.1) is 0 Å². The Bertz CT molecular complexity index is 776. The minimum atomic E-state index is -0.0400. The zero-order valence-corrected chi connectivity index (χ0v) is 19.4. The van der Waals surface area contributed by atoms with Crippen LogP contribution in [-0.4, -0.2) is 24.8 Å². The van der Waals surface area contributed by atoms with E-state index in [1.54, 1.807) is 24.3 Å². The minimum Gasteiger partial charge on any atom is -0.494 e. The topological polar surface area (TPSA) is 63.1 Å². The van der Waals surface area contributed by atoms with E-state index in [0.717, 1.165) is 36.6 Å². The second kappa shape index (κ2) is 15.5. The number of nitrogens with zero attached hydrogens (tertiary/aromatic N) is 2. The first-order valence-electron chi connectivity index (χ1n) is 11.4. The van der Waals surface area contributed by atoms with E-state index in [4.69, 9.17) is 4.74 Å². The van der Waals surface area contributed by atoms with Crippen molar-refractivity contribution in [3.05, 3.63) is 54.1 Å². The molecule has 0 aliphatic carbocycles. The van der Waals surface area contributed by atoms with Gasteiger partial charge in [-0.1, -0.05) is 38.5 Å². The second-order valence-electron chi connectivity index (χ2n) is 7.48. The van der Waals surface area contributed by atoms with Crippen LogP contribution >= 0.6 is 12.6 Å². The largest absolute Gasteiger partial charge is 0.494 e. The average Bonchev–Trinajstić information content (AvgIpc) is 2.80. The number of rotatable bonds is 15. The maximum atomic E-state index is 12.3. The Labute approximate surface area is 192 Å². The van der Waals surface area contributed by atoms with Crippen LogP contribution in [0.1, 0.15) is 68.6 Å². The number of nitrogens with one attached hydrogen (secondary N) is 1. The highest BCUT2D eigenvalue weighted by Crippen LogP contribution is 2.21. The maximum Gasteiger partial charge on any atom is 0.251 e. The molecule has 6 heteroatoms. The lowest BCUT2D eigenvalue weighted by Gasteiger charge is -2.06. The molecule has 1 N–H and O–H groups in total. The van der Waals surface area contributed by atoms with Gasteiger partial charge >= 0.3 is 0 Å². The SMILES string of the molecule is CCOc1ccc(N=Nc2ccc(C(=O)NCCCCCCCCCCS)cc2)cc1. The fraction of sp³-hybridized carbons (Fsp3) is 0.480. The van der Waals surface area contributed by atoms with Gasteiger partial charge in [-0.2, -0.15) is 22.9 Å². The Morgan fingerprint density at radius 3 is 1.87 bits per heavy atom. The fourth-order valence-electron chi connectivity index (χ4n) is 3.17. The van der Waals surface area contributed by atoms with Gasteiger partial charge in [-0.3, -0.25) is 4.79 Å². The summed E-state index contributed by atoms with van der Waals surface area (Å²) in [4.78, 5) is 12.3. The molecule has 0 heterocycles. The number of carbonyl (C=O) groups is 1. The summed E-state index contributed by atoms with van der Waals surface area (Å²) in [5.41, 5.74) is 2.10. The van der Waals surface area contributed by atoms with Gasteiger partial charge in [-0.15, -0.1) is 0 Å². The number of thiol groups is 1. The van der Waals surface area contributed by atoms with Gasteiger partial charge in [0, 0.05) is 12.1 Å². The molecule has 0 fully saturated rings. The molecule has 2 rings (SSSR count). The monoisotopic (exact) mass is 441 g/mol. The first kappa shape index (κ1) is 24.9. The molecule has 2 aromatic carbocycles. The van der Waals surface area contributed by atoms with Crippen molar-refractivity contribution in [1.82, 2.24) is 5.32 Å². The Morgan fingerprint density at radius 2 is 1.32 bits per heavy atom. The molecular formula is C25H35N3O2S. The number of ether oxygens (including phenoxy) is 1. The van der Waals surface area contributed by atoms with E-state index in [0.29, 0.717) is 17.9 Å². The molecule has 0 bridgehead atoms. The van der Waals surface area contributed by atoms with Gasteiger partial charge in [0.1, 0.15) is 5.75 Å². The molecule has 0 aromatic heterocycles.